The van der Waals surface area contributed by atoms with Crippen LogP contribution in [0, 0.1) is 13.8 Å². The molecule has 0 saturated heterocycles. The van der Waals surface area contributed by atoms with Gasteiger partial charge in [0.1, 0.15) is 5.69 Å². The summed E-state index contributed by atoms with van der Waals surface area (Å²) in [5.74, 6) is -0.357. The number of aromatic nitrogens is 2. The van der Waals surface area contributed by atoms with Crippen molar-refractivity contribution in [2.75, 3.05) is 5.32 Å². The largest absolute Gasteiger partial charge is 0.321 e. The zero-order valence-electron chi connectivity index (χ0n) is 14.5. The predicted molar refractivity (Wildman–Crippen MR) is 106 cm³/mol. The van der Waals surface area contributed by atoms with Crippen LogP contribution < -0.4 is 10.9 Å². The van der Waals surface area contributed by atoms with Gasteiger partial charge in [-0.1, -0.05) is 45.8 Å². The zero-order valence-corrected chi connectivity index (χ0v) is 16.1. The summed E-state index contributed by atoms with van der Waals surface area (Å²) in [4.78, 5) is 24.5. The monoisotopic (exact) mass is 411 g/mol. The third-order valence-corrected chi connectivity index (χ3v) is 4.86. The van der Waals surface area contributed by atoms with Crippen LogP contribution in [0.5, 0.6) is 0 Å². The summed E-state index contributed by atoms with van der Waals surface area (Å²) < 4.78 is 2.27. The number of nitrogens with zero attached hydrogens (tertiary/aromatic N) is 2. The predicted octanol–water partition coefficient (Wildman–Crippen LogP) is 3.92. The van der Waals surface area contributed by atoms with Crippen molar-refractivity contribution in [3.05, 3.63) is 91.8 Å². The second-order valence-electron chi connectivity index (χ2n) is 6.12. The van der Waals surface area contributed by atoms with Gasteiger partial charge in [-0.3, -0.25) is 9.59 Å². The number of anilines is 1. The maximum atomic E-state index is 12.5. The average molecular weight is 412 g/mol. The highest BCUT2D eigenvalue weighted by Gasteiger charge is 2.11. The summed E-state index contributed by atoms with van der Waals surface area (Å²) in [7, 11) is 0. The standard InChI is InChI=1S/C20H18BrN3O2/c1-13-3-5-15(6-4-13)12-24-19(25)10-9-18(23-24)20(26)22-16-7-8-17(21)14(2)11-16/h3-11H,12H2,1-2H3,(H,22,26). The minimum atomic E-state index is -0.357. The molecule has 1 heterocycles. The molecular formula is C20H18BrN3O2. The number of hydrogen-bond acceptors (Lipinski definition) is 3. The van der Waals surface area contributed by atoms with Crippen molar-refractivity contribution in [3.63, 3.8) is 0 Å². The molecular weight excluding hydrogens is 394 g/mol. The molecule has 3 rings (SSSR count). The first-order valence-corrected chi connectivity index (χ1v) is 8.93. The van der Waals surface area contributed by atoms with Crippen molar-refractivity contribution in [3.8, 4) is 0 Å². The summed E-state index contributed by atoms with van der Waals surface area (Å²) in [5.41, 5.74) is 3.73. The number of hydrogen-bond donors (Lipinski definition) is 1. The van der Waals surface area contributed by atoms with E-state index in [-0.39, 0.29) is 17.2 Å². The third kappa shape index (κ3) is 4.26. The number of carbonyl (C=O) groups is 1. The van der Waals surface area contributed by atoms with Crippen LogP contribution in [0.25, 0.3) is 0 Å². The number of rotatable bonds is 4. The summed E-state index contributed by atoms with van der Waals surface area (Å²) in [5, 5.41) is 7.02. The normalized spacial score (nSPS) is 10.6. The van der Waals surface area contributed by atoms with Crippen LogP contribution in [0.2, 0.25) is 0 Å². The fraction of sp³-hybridized carbons (Fsp3) is 0.150. The summed E-state index contributed by atoms with van der Waals surface area (Å²) in [6.07, 6.45) is 0. The highest BCUT2D eigenvalue weighted by Crippen LogP contribution is 2.20. The Hall–Kier alpha value is -2.73. The van der Waals surface area contributed by atoms with Gasteiger partial charge in [-0.25, -0.2) is 4.68 Å². The van der Waals surface area contributed by atoms with Gasteiger partial charge in [0.2, 0.25) is 0 Å². The van der Waals surface area contributed by atoms with Crippen LogP contribution in [0.1, 0.15) is 27.2 Å². The number of aryl methyl sites for hydroxylation is 2. The molecule has 26 heavy (non-hydrogen) atoms. The number of halogens is 1. The molecule has 0 atom stereocenters. The van der Waals surface area contributed by atoms with E-state index in [1.54, 1.807) is 6.07 Å². The second-order valence-corrected chi connectivity index (χ2v) is 6.97. The first-order valence-electron chi connectivity index (χ1n) is 8.13. The van der Waals surface area contributed by atoms with Crippen molar-refractivity contribution >= 4 is 27.5 Å². The molecule has 0 fully saturated rings. The van der Waals surface area contributed by atoms with Gasteiger partial charge in [0.05, 0.1) is 6.54 Å². The van der Waals surface area contributed by atoms with Crippen LogP contribution in [0.4, 0.5) is 5.69 Å². The molecule has 6 heteroatoms. The fourth-order valence-corrected chi connectivity index (χ4v) is 2.71. The highest BCUT2D eigenvalue weighted by atomic mass is 79.9. The lowest BCUT2D eigenvalue weighted by Crippen LogP contribution is -2.26. The minimum absolute atomic E-state index is 0.192. The summed E-state index contributed by atoms with van der Waals surface area (Å²) in [6.45, 7) is 4.26. The Kier molecular flexibility index (Phi) is 5.32. The molecule has 1 N–H and O–H groups in total. The van der Waals surface area contributed by atoms with Gasteiger partial charge in [0, 0.05) is 16.2 Å². The molecule has 0 spiro atoms. The number of carbonyl (C=O) groups excluding carboxylic acids is 1. The van der Waals surface area contributed by atoms with Crippen molar-refractivity contribution in [2.24, 2.45) is 0 Å². The Morgan fingerprint density at radius 3 is 2.50 bits per heavy atom. The van der Waals surface area contributed by atoms with Gasteiger partial charge in [-0.05, 0) is 49.2 Å². The Morgan fingerprint density at radius 2 is 1.81 bits per heavy atom. The maximum Gasteiger partial charge on any atom is 0.276 e. The van der Waals surface area contributed by atoms with E-state index in [2.05, 4.69) is 26.3 Å². The Balaban J connectivity index is 1.81. The molecule has 0 aliphatic heterocycles. The average Bonchev–Trinajstić information content (AvgIpc) is 2.62. The van der Waals surface area contributed by atoms with E-state index in [4.69, 9.17) is 0 Å². The summed E-state index contributed by atoms with van der Waals surface area (Å²) >= 11 is 3.43. The van der Waals surface area contributed by atoms with Gasteiger partial charge in [-0.2, -0.15) is 5.10 Å². The van der Waals surface area contributed by atoms with Crippen molar-refractivity contribution < 1.29 is 4.79 Å². The lowest BCUT2D eigenvalue weighted by Gasteiger charge is -2.09. The van der Waals surface area contributed by atoms with Crippen LogP contribution >= 0.6 is 15.9 Å². The molecule has 1 amide bonds. The van der Waals surface area contributed by atoms with Crippen LogP contribution in [-0.2, 0) is 6.54 Å². The molecule has 0 unspecified atom stereocenters. The van der Waals surface area contributed by atoms with Gasteiger partial charge in [0.15, 0.2) is 0 Å². The SMILES string of the molecule is Cc1ccc(Cn2nc(C(=O)Nc3ccc(Br)c(C)c3)ccc2=O)cc1. The van der Waals surface area contributed by atoms with Crippen LogP contribution in [0.15, 0.2) is 63.9 Å². The van der Waals surface area contributed by atoms with E-state index < -0.39 is 0 Å². The molecule has 0 radical (unpaired) electrons. The van der Waals surface area contributed by atoms with Crippen LogP contribution in [-0.4, -0.2) is 15.7 Å². The first-order chi connectivity index (χ1) is 12.4. The fourth-order valence-electron chi connectivity index (χ4n) is 2.47. The molecule has 0 bridgehead atoms. The van der Waals surface area contributed by atoms with Crippen molar-refractivity contribution in [1.29, 1.82) is 0 Å². The first kappa shape index (κ1) is 18.1. The zero-order chi connectivity index (χ0) is 18.7. The highest BCUT2D eigenvalue weighted by molar-refractivity contribution is 9.10. The van der Waals surface area contributed by atoms with Crippen molar-refractivity contribution in [1.82, 2.24) is 9.78 Å². The Labute approximate surface area is 159 Å². The van der Waals surface area contributed by atoms with E-state index in [0.29, 0.717) is 12.2 Å². The smallest absolute Gasteiger partial charge is 0.276 e. The molecule has 2 aromatic carbocycles. The quantitative estimate of drug-likeness (QED) is 0.707. The lowest BCUT2D eigenvalue weighted by atomic mass is 10.1. The molecule has 3 aromatic rings. The molecule has 5 nitrogen and oxygen atoms in total. The van der Waals surface area contributed by atoms with Gasteiger partial charge >= 0.3 is 0 Å². The molecule has 0 aliphatic rings. The second kappa shape index (κ2) is 7.66. The van der Waals surface area contributed by atoms with Gasteiger partial charge in [-0.15, -0.1) is 0 Å². The number of benzene rings is 2. The Bertz CT molecular complexity index is 1010. The topological polar surface area (TPSA) is 64.0 Å². The molecule has 132 valence electrons. The molecule has 0 saturated carbocycles. The number of amides is 1. The van der Waals surface area contributed by atoms with Gasteiger partial charge < -0.3 is 5.32 Å². The van der Waals surface area contributed by atoms with E-state index in [0.717, 1.165) is 21.2 Å². The third-order valence-electron chi connectivity index (χ3n) is 3.97. The van der Waals surface area contributed by atoms with Gasteiger partial charge in [0.25, 0.3) is 11.5 Å². The van der Waals surface area contributed by atoms with E-state index in [1.807, 2.05) is 50.2 Å². The Morgan fingerprint density at radius 1 is 1.08 bits per heavy atom. The minimum Gasteiger partial charge on any atom is -0.321 e. The van der Waals surface area contributed by atoms with Crippen molar-refractivity contribution in [2.45, 2.75) is 20.4 Å². The van der Waals surface area contributed by atoms with E-state index >= 15 is 0 Å². The van der Waals surface area contributed by atoms with Crippen LogP contribution in [0.3, 0.4) is 0 Å². The maximum absolute atomic E-state index is 12.5. The number of nitrogens with one attached hydrogen (secondary N) is 1. The van der Waals surface area contributed by atoms with E-state index in [9.17, 15) is 9.59 Å². The molecule has 0 aliphatic carbocycles. The lowest BCUT2D eigenvalue weighted by molar-refractivity contribution is 0.102. The molecule has 1 aromatic heterocycles. The summed E-state index contributed by atoms with van der Waals surface area (Å²) in [6, 6.07) is 16.2. The van der Waals surface area contributed by atoms with E-state index in [1.165, 1.54) is 16.8 Å².